The summed E-state index contributed by atoms with van der Waals surface area (Å²) in [7, 11) is 0. The summed E-state index contributed by atoms with van der Waals surface area (Å²) in [4.78, 5) is 12.4. The van der Waals surface area contributed by atoms with E-state index in [-0.39, 0.29) is 11.9 Å². The van der Waals surface area contributed by atoms with E-state index in [0.29, 0.717) is 5.56 Å². The molecule has 0 aliphatic rings. The van der Waals surface area contributed by atoms with Gasteiger partial charge in [-0.05, 0) is 63.4 Å². The Kier molecular flexibility index (Phi) is 6.42. The molecule has 0 radical (unpaired) electrons. The van der Waals surface area contributed by atoms with Crippen LogP contribution in [-0.2, 0) is 6.42 Å². The number of primary amides is 1. The number of carbonyl (C=O) groups excluding carboxylic acids is 1. The van der Waals surface area contributed by atoms with Crippen molar-refractivity contribution >= 4 is 5.91 Å². The Balaban J connectivity index is 2.15. The van der Waals surface area contributed by atoms with Crippen LogP contribution < -0.4 is 10.5 Å². The molecule has 0 saturated heterocycles. The Morgan fingerprint density at radius 1 is 1.07 bits per heavy atom. The van der Waals surface area contributed by atoms with Gasteiger partial charge in [0.2, 0.25) is 0 Å². The van der Waals surface area contributed by atoms with Crippen LogP contribution in [-0.4, -0.2) is 10.5 Å². The first kappa shape index (κ1) is 20.7. The lowest BCUT2D eigenvalue weighted by molar-refractivity contribution is 0.1000. The largest absolute Gasteiger partial charge is 0.457 e. The van der Waals surface area contributed by atoms with Crippen LogP contribution in [0.25, 0.3) is 11.1 Å². The van der Waals surface area contributed by atoms with Gasteiger partial charge < -0.3 is 15.0 Å². The second-order valence-electron chi connectivity index (χ2n) is 7.66. The van der Waals surface area contributed by atoms with Gasteiger partial charge in [-0.2, -0.15) is 0 Å². The van der Waals surface area contributed by atoms with Crippen LogP contribution in [0, 0.1) is 6.92 Å². The Morgan fingerprint density at radius 2 is 1.76 bits per heavy atom. The molecule has 1 heterocycles. The molecule has 2 N–H and O–H groups in total. The summed E-state index contributed by atoms with van der Waals surface area (Å²) < 4.78 is 8.28. The zero-order chi connectivity index (χ0) is 21.0. The number of hydrogen-bond donors (Lipinski definition) is 1. The molecule has 4 heteroatoms. The standard InChI is InChI=1S/C25H30N2O2/c1-5-6-15-22-24(23(25(26)28)18(4)27(22)17(2)3)19-11-10-14-21(16-19)29-20-12-8-7-9-13-20/h7-14,16-17H,5-6,15H2,1-4H3,(H2,26,28). The number of ether oxygens (including phenoxy) is 1. The highest BCUT2D eigenvalue weighted by Crippen LogP contribution is 2.37. The number of nitrogens with zero attached hydrogens (tertiary/aromatic N) is 1. The van der Waals surface area contributed by atoms with Crippen molar-refractivity contribution < 1.29 is 9.53 Å². The first-order valence-electron chi connectivity index (χ1n) is 10.3. The fourth-order valence-corrected chi connectivity index (χ4v) is 4.01. The summed E-state index contributed by atoms with van der Waals surface area (Å²) in [5.74, 6) is 1.13. The third kappa shape index (κ3) is 4.37. The molecule has 0 aliphatic carbocycles. The molecule has 0 saturated carbocycles. The summed E-state index contributed by atoms with van der Waals surface area (Å²) in [6.07, 6.45) is 3.05. The van der Waals surface area contributed by atoms with Crippen molar-refractivity contribution in [2.75, 3.05) is 0 Å². The molecule has 1 aromatic heterocycles. The maximum Gasteiger partial charge on any atom is 0.251 e. The number of hydrogen-bond acceptors (Lipinski definition) is 2. The summed E-state index contributed by atoms with van der Waals surface area (Å²) in [6, 6.07) is 17.9. The van der Waals surface area contributed by atoms with Gasteiger partial charge in [-0.1, -0.05) is 43.7 Å². The highest BCUT2D eigenvalue weighted by atomic mass is 16.5. The van der Waals surface area contributed by atoms with E-state index < -0.39 is 0 Å². The minimum Gasteiger partial charge on any atom is -0.457 e. The molecule has 2 aromatic carbocycles. The van der Waals surface area contributed by atoms with E-state index in [0.717, 1.165) is 47.6 Å². The van der Waals surface area contributed by atoms with Gasteiger partial charge in [0.15, 0.2) is 0 Å². The van der Waals surface area contributed by atoms with Gasteiger partial charge in [0, 0.05) is 23.0 Å². The first-order chi connectivity index (χ1) is 13.9. The van der Waals surface area contributed by atoms with Crippen LogP contribution in [0.2, 0.25) is 0 Å². The van der Waals surface area contributed by atoms with E-state index in [4.69, 9.17) is 10.5 Å². The van der Waals surface area contributed by atoms with Crippen LogP contribution >= 0.6 is 0 Å². The maximum absolute atomic E-state index is 12.4. The van der Waals surface area contributed by atoms with Gasteiger partial charge >= 0.3 is 0 Å². The van der Waals surface area contributed by atoms with E-state index in [1.165, 1.54) is 5.69 Å². The fourth-order valence-electron chi connectivity index (χ4n) is 4.01. The summed E-state index contributed by atoms with van der Waals surface area (Å²) >= 11 is 0. The number of aromatic nitrogens is 1. The highest BCUT2D eigenvalue weighted by molar-refractivity contribution is 6.02. The molecule has 152 valence electrons. The van der Waals surface area contributed by atoms with Crippen LogP contribution in [0.1, 0.15) is 61.4 Å². The number of amides is 1. The van der Waals surface area contributed by atoms with E-state index in [1.54, 1.807) is 0 Å². The quantitative estimate of drug-likeness (QED) is 0.492. The van der Waals surface area contributed by atoms with Crippen molar-refractivity contribution in [3.63, 3.8) is 0 Å². The van der Waals surface area contributed by atoms with Gasteiger partial charge in [0.05, 0.1) is 5.56 Å². The lowest BCUT2D eigenvalue weighted by atomic mass is 9.97. The third-order valence-corrected chi connectivity index (χ3v) is 5.18. The smallest absolute Gasteiger partial charge is 0.251 e. The van der Waals surface area contributed by atoms with Gasteiger partial charge in [-0.3, -0.25) is 4.79 Å². The molecule has 3 aromatic rings. The van der Waals surface area contributed by atoms with E-state index >= 15 is 0 Å². The molecular formula is C25H30N2O2. The zero-order valence-electron chi connectivity index (χ0n) is 17.7. The van der Waals surface area contributed by atoms with Gasteiger partial charge in [-0.25, -0.2) is 0 Å². The van der Waals surface area contributed by atoms with Crippen molar-refractivity contribution in [2.45, 2.75) is 53.0 Å². The molecule has 0 spiro atoms. The average molecular weight is 391 g/mol. The minimum atomic E-state index is -0.385. The van der Waals surface area contributed by atoms with Crippen LogP contribution in [0.15, 0.2) is 54.6 Å². The number of unbranched alkanes of at least 4 members (excludes halogenated alkanes) is 1. The van der Waals surface area contributed by atoms with Crippen molar-refractivity contribution in [3.8, 4) is 22.6 Å². The van der Waals surface area contributed by atoms with Crippen molar-refractivity contribution in [1.82, 2.24) is 4.57 Å². The predicted molar refractivity (Wildman–Crippen MR) is 119 cm³/mol. The normalized spacial score (nSPS) is 11.1. The van der Waals surface area contributed by atoms with Gasteiger partial charge in [0.25, 0.3) is 5.91 Å². The van der Waals surface area contributed by atoms with Gasteiger partial charge in [0.1, 0.15) is 11.5 Å². The molecule has 4 nitrogen and oxygen atoms in total. The summed E-state index contributed by atoms with van der Waals surface area (Å²) in [6.45, 7) is 8.46. The third-order valence-electron chi connectivity index (χ3n) is 5.18. The number of rotatable bonds is 8. The lowest BCUT2D eigenvalue weighted by Gasteiger charge is -2.17. The fraction of sp³-hybridized carbons (Fsp3) is 0.320. The molecule has 1 amide bonds. The second-order valence-corrected chi connectivity index (χ2v) is 7.66. The Morgan fingerprint density at radius 3 is 2.38 bits per heavy atom. The SMILES string of the molecule is CCCCc1c(-c2cccc(Oc3ccccc3)c2)c(C(N)=O)c(C)n1C(C)C. The maximum atomic E-state index is 12.4. The van der Waals surface area contributed by atoms with E-state index in [1.807, 2.05) is 61.5 Å². The first-order valence-corrected chi connectivity index (χ1v) is 10.3. The monoisotopic (exact) mass is 390 g/mol. The summed E-state index contributed by atoms with van der Waals surface area (Å²) in [5.41, 5.74) is 10.5. The number of para-hydroxylation sites is 1. The highest BCUT2D eigenvalue weighted by Gasteiger charge is 2.25. The topological polar surface area (TPSA) is 57.2 Å². The van der Waals surface area contributed by atoms with Crippen LogP contribution in [0.5, 0.6) is 11.5 Å². The molecule has 0 fully saturated rings. The Hall–Kier alpha value is -3.01. The number of nitrogens with two attached hydrogens (primary N) is 1. The molecule has 0 atom stereocenters. The Bertz CT molecular complexity index is 988. The van der Waals surface area contributed by atoms with Crippen molar-refractivity contribution in [2.24, 2.45) is 5.73 Å². The van der Waals surface area contributed by atoms with Crippen molar-refractivity contribution in [1.29, 1.82) is 0 Å². The molecule has 0 bridgehead atoms. The number of benzene rings is 2. The minimum absolute atomic E-state index is 0.248. The molecular weight excluding hydrogens is 360 g/mol. The molecule has 29 heavy (non-hydrogen) atoms. The average Bonchev–Trinajstić information content (AvgIpc) is 2.99. The van der Waals surface area contributed by atoms with Gasteiger partial charge in [-0.15, -0.1) is 0 Å². The van der Waals surface area contributed by atoms with Crippen molar-refractivity contribution in [3.05, 3.63) is 71.5 Å². The molecule has 0 unspecified atom stereocenters. The summed E-state index contributed by atoms with van der Waals surface area (Å²) in [5, 5.41) is 0. The van der Waals surface area contributed by atoms with Crippen LogP contribution in [0.3, 0.4) is 0 Å². The zero-order valence-corrected chi connectivity index (χ0v) is 17.7. The molecule has 0 aliphatic heterocycles. The predicted octanol–water partition coefficient (Wildman–Crippen LogP) is 6.28. The second kappa shape index (κ2) is 8.99. The lowest BCUT2D eigenvalue weighted by Crippen LogP contribution is -2.14. The number of carbonyl (C=O) groups is 1. The van der Waals surface area contributed by atoms with E-state index in [9.17, 15) is 4.79 Å². The van der Waals surface area contributed by atoms with Crippen LogP contribution in [0.4, 0.5) is 0 Å². The molecule has 3 rings (SSSR count). The Labute approximate surface area is 173 Å². The van der Waals surface area contributed by atoms with E-state index in [2.05, 4.69) is 25.3 Å².